The van der Waals surface area contributed by atoms with Gasteiger partial charge in [0.05, 0.1) is 5.69 Å². The molecular weight excluding hydrogens is 426 g/mol. The number of hydrogen-bond acceptors (Lipinski definition) is 5. The Morgan fingerprint density at radius 3 is 2.58 bits per heavy atom. The lowest BCUT2D eigenvalue weighted by molar-refractivity contribution is -0.136. The molecule has 10 heteroatoms. The summed E-state index contributed by atoms with van der Waals surface area (Å²) in [5, 5.41) is 2.86. The van der Waals surface area contributed by atoms with Gasteiger partial charge in [0.25, 0.3) is 5.91 Å². The molecule has 2 fully saturated rings. The van der Waals surface area contributed by atoms with Gasteiger partial charge in [0.1, 0.15) is 12.1 Å². The lowest BCUT2D eigenvalue weighted by Gasteiger charge is -2.35. The molecule has 0 radical (unpaired) electrons. The van der Waals surface area contributed by atoms with Crippen LogP contribution in [0.4, 0.5) is 18.7 Å². The topological polar surface area (TPSA) is 82.6 Å². The van der Waals surface area contributed by atoms with E-state index < -0.39 is 35.7 Å². The van der Waals surface area contributed by atoms with Crippen LogP contribution < -0.4 is 5.32 Å². The van der Waals surface area contributed by atoms with Gasteiger partial charge >= 0.3 is 6.03 Å². The van der Waals surface area contributed by atoms with Gasteiger partial charge in [0, 0.05) is 17.5 Å². The lowest BCUT2D eigenvalue weighted by atomic mass is 9.81. The van der Waals surface area contributed by atoms with E-state index in [4.69, 9.17) is 0 Å². The van der Waals surface area contributed by atoms with Crippen molar-refractivity contribution in [3.05, 3.63) is 34.7 Å². The van der Waals surface area contributed by atoms with Crippen LogP contribution in [0.1, 0.15) is 37.0 Å². The normalized spacial score (nSPS) is 18.2. The van der Waals surface area contributed by atoms with E-state index in [0.29, 0.717) is 29.0 Å². The van der Waals surface area contributed by atoms with E-state index in [-0.39, 0.29) is 11.0 Å². The monoisotopic (exact) mass is 448 g/mol. The molecule has 4 rings (SSSR count). The lowest BCUT2D eigenvalue weighted by Crippen LogP contribution is -2.49. The van der Waals surface area contributed by atoms with Crippen molar-refractivity contribution in [2.45, 2.75) is 44.6 Å². The third-order valence-electron chi connectivity index (χ3n) is 6.02. The molecule has 1 aliphatic heterocycles. The molecule has 1 saturated heterocycles. The molecule has 0 unspecified atom stereocenters. The Morgan fingerprint density at radius 2 is 1.90 bits per heavy atom. The summed E-state index contributed by atoms with van der Waals surface area (Å²) in [6, 6.07) is 3.00. The van der Waals surface area contributed by atoms with Gasteiger partial charge in [-0.2, -0.15) is 0 Å². The van der Waals surface area contributed by atoms with Crippen LogP contribution in [0.25, 0.3) is 11.3 Å². The van der Waals surface area contributed by atoms with Crippen molar-refractivity contribution in [3.8, 4) is 11.3 Å². The minimum absolute atomic E-state index is 0.252. The molecule has 164 valence electrons. The van der Waals surface area contributed by atoms with Crippen LogP contribution in [0.3, 0.4) is 0 Å². The van der Waals surface area contributed by atoms with Crippen LogP contribution in [0.5, 0.6) is 0 Å². The number of imide groups is 1. The van der Waals surface area contributed by atoms with Gasteiger partial charge in [-0.05, 0) is 38.0 Å². The number of carbonyl (C=O) groups excluding carboxylic acids is 3. The van der Waals surface area contributed by atoms with Gasteiger partial charge in [-0.25, -0.2) is 18.6 Å². The number of nitrogens with zero attached hydrogens (tertiary/aromatic N) is 3. The van der Waals surface area contributed by atoms with Gasteiger partial charge in [-0.3, -0.25) is 14.5 Å². The fourth-order valence-electron chi connectivity index (χ4n) is 4.33. The van der Waals surface area contributed by atoms with E-state index in [0.717, 1.165) is 36.3 Å². The first-order valence-electron chi connectivity index (χ1n) is 10.1. The summed E-state index contributed by atoms with van der Waals surface area (Å²) in [4.78, 5) is 45.7. The maximum Gasteiger partial charge on any atom is 0.327 e. The molecule has 2 aromatic rings. The van der Waals surface area contributed by atoms with E-state index in [1.54, 1.807) is 14.0 Å². The Hall–Kier alpha value is -2.88. The Kier molecular flexibility index (Phi) is 5.50. The second-order valence-corrected chi connectivity index (χ2v) is 9.13. The number of benzene rings is 1. The maximum atomic E-state index is 13.6. The summed E-state index contributed by atoms with van der Waals surface area (Å²) in [5.41, 5.74) is -0.0277. The fraction of sp³-hybridized carbons (Fsp3) is 0.429. The summed E-state index contributed by atoms with van der Waals surface area (Å²) in [5.74, 6) is -2.81. The molecule has 0 atom stereocenters. The summed E-state index contributed by atoms with van der Waals surface area (Å²) in [7, 11) is 1.61. The van der Waals surface area contributed by atoms with E-state index >= 15 is 0 Å². The zero-order valence-electron chi connectivity index (χ0n) is 17.2. The molecule has 1 aromatic heterocycles. The maximum absolute atomic E-state index is 13.6. The molecule has 1 spiro atoms. The van der Waals surface area contributed by atoms with E-state index in [9.17, 15) is 23.2 Å². The standard InChI is InChI=1S/C21H22F2N4O3S/c1-12-17(13-6-7-14(22)15(23)10-13)25-19(31-12)24-16(28)11-27-18(29)21(26(2)20(27)30)8-4-3-5-9-21/h6-7,10H,3-5,8-9,11H2,1-2H3,(H,24,25,28). The van der Waals surface area contributed by atoms with Crippen LogP contribution in [0.2, 0.25) is 0 Å². The smallest absolute Gasteiger partial charge is 0.313 e. The number of aromatic nitrogens is 1. The zero-order chi connectivity index (χ0) is 22.3. The second-order valence-electron chi connectivity index (χ2n) is 7.93. The number of aryl methyl sites for hydroxylation is 1. The Balaban J connectivity index is 1.47. The number of likely N-dealkylation sites (N-methyl/N-ethyl adjacent to an activating group) is 1. The minimum Gasteiger partial charge on any atom is -0.313 e. The van der Waals surface area contributed by atoms with Gasteiger partial charge in [0.15, 0.2) is 16.8 Å². The molecule has 1 N–H and O–H groups in total. The Bertz CT molecular complexity index is 1060. The van der Waals surface area contributed by atoms with Crippen molar-refractivity contribution < 1.29 is 23.2 Å². The Morgan fingerprint density at radius 1 is 1.19 bits per heavy atom. The Labute approximate surface area is 182 Å². The minimum atomic E-state index is -0.984. The van der Waals surface area contributed by atoms with E-state index in [1.807, 2.05) is 0 Å². The molecule has 7 nitrogen and oxygen atoms in total. The quantitative estimate of drug-likeness (QED) is 0.719. The van der Waals surface area contributed by atoms with Gasteiger partial charge in [0.2, 0.25) is 5.91 Å². The van der Waals surface area contributed by atoms with Crippen molar-refractivity contribution >= 4 is 34.3 Å². The van der Waals surface area contributed by atoms with Crippen molar-refractivity contribution in [1.29, 1.82) is 0 Å². The van der Waals surface area contributed by atoms with Gasteiger partial charge in [-0.15, -0.1) is 11.3 Å². The third kappa shape index (κ3) is 3.69. The summed E-state index contributed by atoms with van der Waals surface area (Å²) < 4.78 is 26.8. The van der Waals surface area contributed by atoms with Crippen LogP contribution in [0, 0.1) is 18.6 Å². The summed E-state index contributed by atoms with van der Waals surface area (Å²) in [6.45, 7) is 1.35. The summed E-state index contributed by atoms with van der Waals surface area (Å²) >= 11 is 1.17. The number of amides is 4. The first-order chi connectivity index (χ1) is 14.7. The summed E-state index contributed by atoms with van der Waals surface area (Å²) in [6.07, 6.45) is 3.98. The number of urea groups is 1. The molecule has 1 aromatic carbocycles. The largest absolute Gasteiger partial charge is 0.327 e. The average Bonchev–Trinajstić information content (AvgIpc) is 3.18. The second kappa shape index (κ2) is 7.99. The molecule has 4 amide bonds. The number of hydrogen-bond donors (Lipinski definition) is 1. The third-order valence-corrected chi connectivity index (χ3v) is 6.91. The fourth-order valence-corrected chi connectivity index (χ4v) is 5.19. The SMILES string of the molecule is Cc1sc(NC(=O)CN2C(=O)N(C)C3(CCCCC3)C2=O)nc1-c1ccc(F)c(F)c1. The van der Waals surface area contributed by atoms with E-state index in [1.165, 1.54) is 22.3 Å². The van der Waals surface area contributed by atoms with Gasteiger partial charge in [-0.1, -0.05) is 19.3 Å². The van der Waals surface area contributed by atoms with Crippen LogP contribution in [0.15, 0.2) is 18.2 Å². The van der Waals surface area contributed by atoms with Crippen molar-refractivity contribution in [3.63, 3.8) is 0 Å². The van der Waals surface area contributed by atoms with Crippen LogP contribution in [-0.2, 0) is 9.59 Å². The van der Waals surface area contributed by atoms with Crippen LogP contribution >= 0.6 is 11.3 Å². The predicted molar refractivity (Wildman–Crippen MR) is 112 cm³/mol. The highest BCUT2D eigenvalue weighted by Gasteiger charge is 2.55. The molecule has 31 heavy (non-hydrogen) atoms. The van der Waals surface area contributed by atoms with Gasteiger partial charge < -0.3 is 10.2 Å². The first kappa shape index (κ1) is 21.4. The molecule has 2 heterocycles. The van der Waals surface area contributed by atoms with Crippen LogP contribution in [-0.4, -0.2) is 51.8 Å². The average molecular weight is 448 g/mol. The highest BCUT2D eigenvalue weighted by Crippen LogP contribution is 2.39. The highest BCUT2D eigenvalue weighted by molar-refractivity contribution is 7.16. The van der Waals surface area contributed by atoms with Crippen molar-refractivity contribution in [2.24, 2.45) is 0 Å². The first-order valence-corrected chi connectivity index (χ1v) is 10.9. The number of nitrogens with one attached hydrogen (secondary N) is 1. The molecular formula is C21H22F2N4O3S. The van der Waals surface area contributed by atoms with E-state index in [2.05, 4.69) is 10.3 Å². The number of rotatable bonds is 4. The molecule has 0 bridgehead atoms. The molecule has 1 saturated carbocycles. The van der Waals surface area contributed by atoms with Crippen molar-refractivity contribution in [1.82, 2.24) is 14.8 Å². The zero-order valence-corrected chi connectivity index (χ0v) is 18.0. The molecule has 2 aliphatic rings. The highest BCUT2D eigenvalue weighted by atomic mass is 32.1. The number of anilines is 1. The van der Waals surface area contributed by atoms with Crippen molar-refractivity contribution in [2.75, 3.05) is 18.9 Å². The predicted octanol–water partition coefficient (Wildman–Crippen LogP) is 3.93. The number of thiazole rings is 1. The number of halogens is 2. The molecule has 1 aliphatic carbocycles. The number of carbonyl (C=O) groups is 3.